The number of hydrogen-bond donors (Lipinski definition) is 1. The monoisotopic (exact) mass is 277 g/mol. The second-order valence-corrected chi connectivity index (χ2v) is 6.02. The third-order valence-electron chi connectivity index (χ3n) is 2.75. The molecule has 19 heavy (non-hydrogen) atoms. The largest absolute Gasteiger partial charge is 0.355 e. The fourth-order valence-electron chi connectivity index (χ4n) is 1.88. The first-order chi connectivity index (χ1) is 9.16. The molecule has 2 rings (SSSR count). The molecule has 0 aliphatic heterocycles. The lowest BCUT2D eigenvalue weighted by Gasteiger charge is -2.09. The Labute approximate surface area is 116 Å². The van der Waals surface area contributed by atoms with Gasteiger partial charge in [-0.05, 0) is 25.5 Å². The summed E-state index contributed by atoms with van der Waals surface area (Å²) in [6.45, 7) is 2.76. The summed E-state index contributed by atoms with van der Waals surface area (Å²) in [7, 11) is -0.727. The van der Waals surface area contributed by atoms with Gasteiger partial charge in [0.15, 0.2) is 0 Å². The van der Waals surface area contributed by atoms with Crippen molar-refractivity contribution in [3.05, 3.63) is 42.2 Å². The van der Waals surface area contributed by atoms with E-state index < -0.39 is 10.8 Å². The summed E-state index contributed by atoms with van der Waals surface area (Å²) in [6, 6.07) is 10.1. The van der Waals surface area contributed by atoms with Gasteiger partial charge < -0.3 is 5.32 Å². The molecule has 0 aliphatic carbocycles. The minimum atomic E-state index is -0.727. The molecule has 4 nitrogen and oxygen atoms in total. The Kier molecular flexibility index (Phi) is 4.74. The Bertz CT molecular complexity index is 551. The van der Waals surface area contributed by atoms with Gasteiger partial charge in [-0.25, -0.2) is 4.98 Å². The van der Waals surface area contributed by atoms with Crippen LogP contribution in [0.2, 0.25) is 0 Å². The van der Waals surface area contributed by atoms with Crippen LogP contribution >= 0.6 is 0 Å². The maximum absolute atomic E-state index is 11.0. The van der Waals surface area contributed by atoms with Crippen molar-refractivity contribution < 1.29 is 4.21 Å². The van der Waals surface area contributed by atoms with Crippen LogP contribution in [0.5, 0.6) is 0 Å². The van der Waals surface area contributed by atoms with Crippen molar-refractivity contribution in [2.45, 2.75) is 13.3 Å². The minimum absolute atomic E-state index is 0.720. The van der Waals surface area contributed by atoms with Crippen molar-refractivity contribution in [2.24, 2.45) is 0 Å². The van der Waals surface area contributed by atoms with E-state index in [1.807, 2.05) is 48.0 Å². The van der Waals surface area contributed by atoms with Gasteiger partial charge in [0.1, 0.15) is 0 Å². The molecule has 0 radical (unpaired) electrons. The first-order valence-corrected chi connectivity index (χ1v) is 8.05. The fourth-order valence-corrected chi connectivity index (χ4v) is 2.43. The molecule has 1 aromatic carbocycles. The van der Waals surface area contributed by atoms with Gasteiger partial charge in [-0.1, -0.05) is 18.2 Å². The second kappa shape index (κ2) is 6.52. The van der Waals surface area contributed by atoms with Crippen molar-refractivity contribution in [1.29, 1.82) is 0 Å². The molecule has 1 unspecified atom stereocenters. The van der Waals surface area contributed by atoms with Crippen LogP contribution in [0.4, 0.5) is 5.95 Å². The number of para-hydroxylation sites is 1. The number of aromatic nitrogens is 2. The highest BCUT2D eigenvalue weighted by Crippen LogP contribution is 2.16. The number of benzene rings is 1. The van der Waals surface area contributed by atoms with Gasteiger partial charge in [0.25, 0.3) is 0 Å². The van der Waals surface area contributed by atoms with Gasteiger partial charge in [-0.3, -0.25) is 8.78 Å². The van der Waals surface area contributed by atoms with Crippen LogP contribution in [0.3, 0.4) is 0 Å². The van der Waals surface area contributed by atoms with Gasteiger partial charge in [0.05, 0.1) is 5.69 Å². The van der Waals surface area contributed by atoms with Crippen molar-refractivity contribution in [3.63, 3.8) is 0 Å². The molecule has 0 saturated heterocycles. The Morgan fingerprint density at radius 3 is 2.74 bits per heavy atom. The van der Waals surface area contributed by atoms with Crippen LogP contribution in [-0.4, -0.2) is 32.3 Å². The van der Waals surface area contributed by atoms with Gasteiger partial charge in [-0.2, -0.15) is 0 Å². The van der Waals surface area contributed by atoms with Crippen molar-refractivity contribution in [1.82, 2.24) is 9.55 Å². The highest BCUT2D eigenvalue weighted by atomic mass is 32.2. The predicted octanol–water partition coefficient (Wildman–Crippen LogP) is 2.36. The molecule has 0 spiro atoms. The number of nitrogens with zero attached hydrogens (tertiary/aromatic N) is 2. The molecular weight excluding hydrogens is 258 g/mol. The number of aryl methyl sites for hydroxylation is 1. The molecule has 0 aliphatic rings. The molecule has 2 aromatic rings. The lowest BCUT2D eigenvalue weighted by Crippen LogP contribution is -2.10. The lowest BCUT2D eigenvalue weighted by atomic mass is 10.3. The van der Waals surface area contributed by atoms with Gasteiger partial charge in [0.2, 0.25) is 5.95 Å². The number of nitrogens with one attached hydrogen (secondary N) is 1. The summed E-state index contributed by atoms with van der Waals surface area (Å²) in [5.41, 5.74) is 2.06. The van der Waals surface area contributed by atoms with E-state index in [4.69, 9.17) is 0 Å². The summed E-state index contributed by atoms with van der Waals surface area (Å²) in [5, 5.41) is 3.31. The molecule has 102 valence electrons. The molecule has 1 N–H and O–H groups in total. The van der Waals surface area contributed by atoms with Crippen molar-refractivity contribution >= 4 is 16.7 Å². The average Bonchev–Trinajstić information content (AvgIpc) is 2.77. The second-order valence-electron chi connectivity index (χ2n) is 4.47. The average molecular weight is 277 g/mol. The maximum Gasteiger partial charge on any atom is 0.207 e. The molecule has 0 bridgehead atoms. The van der Waals surface area contributed by atoms with Gasteiger partial charge in [0, 0.05) is 41.2 Å². The third kappa shape index (κ3) is 3.92. The zero-order chi connectivity index (χ0) is 13.7. The minimum Gasteiger partial charge on any atom is -0.355 e. The number of anilines is 1. The van der Waals surface area contributed by atoms with Gasteiger partial charge >= 0.3 is 0 Å². The third-order valence-corrected chi connectivity index (χ3v) is 3.62. The van der Waals surface area contributed by atoms with Crippen LogP contribution in [0, 0.1) is 6.92 Å². The van der Waals surface area contributed by atoms with E-state index in [-0.39, 0.29) is 0 Å². The van der Waals surface area contributed by atoms with E-state index in [0.717, 1.165) is 36.0 Å². The molecule has 1 aromatic heterocycles. The zero-order valence-electron chi connectivity index (χ0n) is 11.3. The first kappa shape index (κ1) is 13.8. The van der Waals surface area contributed by atoms with Crippen LogP contribution < -0.4 is 5.32 Å². The van der Waals surface area contributed by atoms with Crippen LogP contribution in [-0.2, 0) is 10.8 Å². The summed E-state index contributed by atoms with van der Waals surface area (Å²) in [4.78, 5) is 4.48. The highest BCUT2D eigenvalue weighted by Gasteiger charge is 2.06. The smallest absolute Gasteiger partial charge is 0.207 e. The van der Waals surface area contributed by atoms with E-state index in [0.29, 0.717) is 0 Å². The zero-order valence-corrected chi connectivity index (χ0v) is 12.1. The lowest BCUT2D eigenvalue weighted by molar-refractivity contribution is 0.685. The Morgan fingerprint density at radius 1 is 1.32 bits per heavy atom. The molecule has 0 saturated carbocycles. The van der Waals surface area contributed by atoms with E-state index in [1.54, 1.807) is 6.26 Å². The highest BCUT2D eigenvalue weighted by molar-refractivity contribution is 7.84. The predicted molar refractivity (Wildman–Crippen MR) is 80.3 cm³/mol. The summed E-state index contributed by atoms with van der Waals surface area (Å²) in [6.07, 6.45) is 4.62. The topological polar surface area (TPSA) is 46.9 Å². The fraction of sp³-hybridized carbons (Fsp3) is 0.357. The Balaban J connectivity index is 2.07. The summed E-state index contributed by atoms with van der Waals surface area (Å²) in [5.74, 6) is 1.56. The molecular formula is C14H19N3OS. The molecule has 0 fully saturated rings. The maximum atomic E-state index is 11.0. The Hall–Kier alpha value is -1.62. The van der Waals surface area contributed by atoms with Crippen molar-refractivity contribution in [2.75, 3.05) is 23.9 Å². The Morgan fingerprint density at radius 2 is 2.05 bits per heavy atom. The standard InChI is InChI=1S/C14H19N3OS/c1-12-11-17(13-7-4-3-5-8-13)14(16-12)15-9-6-10-19(2)18/h3-5,7-8,11H,6,9-10H2,1-2H3,(H,15,16). The SMILES string of the molecule is Cc1cn(-c2ccccc2)c(NCCCS(C)=O)n1. The number of hydrogen-bond acceptors (Lipinski definition) is 3. The molecule has 1 atom stereocenters. The van der Waals surface area contributed by atoms with E-state index in [2.05, 4.69) is 10.3 Å². The van der Waals surface area contributed by atoms with Crippen LogP contribution in [0.15, 0.2) is 36.5 Å². The van der Waals surface area contributed by atoms with E-state index >= 15 is 0 Å². The quantitative estimate of drug-likeness (QED) is 0.825. The summed E-state index contributed by atoms with van der Waals surface area (Å²) >= 11 is 0. The number of rotatable bonds is 6. The number of imidazole rings is 1. The van der Waals surface area contributed by atoms with Crippen LogP contribution in [0.25, 0.3) is 5.69 Å². The molecule has 5 heteroatoms. The van der Waals surface area contributed by atoms with E-state index in [9.17, 15) is 4.21 Å². The first-order valence-electron chi connectivity index (χ1n) is 6.32. The van der Waals surface area contributed by atoms with Gasteiger partial charge in [-0.15, -0.1) is 0 Å². The normalized spacial score (nSPS) is 12.3. The summed E-state index contributed by atoms with van der Waals surface area (Å²) < 4.78 is 13.1. The van der Waals surface area contributed by atoms with Crippen molar-refractivity contribution in [3.8, 4) is 5.69 Å². The van der Waals surface area contributed by atoms with Crippen LogP contribution in [0.1, 0.15) is 12.1 Å². The molecule has 1 heterocycles. The molecule has 0 amide bonds. The van der Waals surface area contributed by atoms with E-state index in [1.165, 1.54) is 0 Å².